The maximum atomic E-state index is 13.8. The van der Waals surface area contributed by atoms with Crippen molar-refractivity contribution < 1.29 is 9.13 Å². The minimum absolute atomic E-state index is 0.130. The average Bonchev–Trinajstić information content (AvgIpc) is 2.45. The summed E-state index contributed by atoms with van der Waals surface area (Å²) in [6.45, 7) is 2.95. The van der Waals surface area contributed by atoms with Gasteiger partial charge in [0.2, 0.25) is 0 Å². The van der Waals surface area contributed by atoms with Crippen LogP contribution in [-0.4, -0.2) is 13.7 Å². The number of likely N-dealkylation sites (N-methyl/N-ethyl adjacent to an activating group) is 1. The lowest BCUT2D eigenvalue weighted by Gasteiger charge is -2.24. The largest absolute Gasteiger partial charge is 0.494 e. The van der Waals surface area contributed by atoms with Crippen molar-refractivity contribution in [1.82, 2.24) is 5.32 Å². The Hall–Kier alpha value is -1.35. The van der Waals surface area contributed by atoms with Crippen molar-refractivity contribution in [3.63, 3.8) is 0 Å². The molecule has 2 nitrogen and oxygen atoms in total. The zero-order valence-electron chi connectivity index (χ0n) is 11.7. The van der Waals surface area contributed by atoms with E-state index in [0.29, 0.717) is 5.75 Å². The topological polar surface area (TPSA) is 21.3 Å². The number of allylic oxidation sites excluding steroid dienone is 1. The predicted octanol–water partition coefficient (Wildman–Crippen LogP) is 3.99. The number of rotatable bonds is 5. The number of halogens is 1. The monoisotopic (exact) mass is 263 g/mol. The highest BCUT2D eigenvalue weighted by atomic mass is 19.1. The zero-order chi connectivity index (χ0) is 13.7. The molecular formula is C16H22FNO. The number of nitrogens with one attached hydrogen (secondary N) is 1. The molecule has 0 aromatic heterocycles. The van der Waals surface area contributed by atoms with Crippen LogP contribution in [-0.2, 0) is 0 Å². The highest BCUT2D eigenvalue weighted by Crippen LogP contribution is 2.31. The Morgan fingerprint density at radius 1 is 1.37 bits per heavy atom. The highest BCUT2D eigenvalue weighted by Gasteiger charge is 2.18. The standard InChI is InChI=1S/C16H22FNO/c1-3-18-16(12-7-5-4-6-8-12)13-9-10-15(19-2)14(17)11-13/h7,9-11,16,18H,3-6,8H2,1-2H3. The molecule has 1 atom stereocenters. The van der Waals surface area contributed by atoms with Crippen molar-refractivity contribution in [3.05, 3.63) is 41.2 Å². The first-order valence-corrected chi connectivity index (χ1v) is 7.02. The summed E-state index contributed by atoms with van der Waals surface area (Å²) in [7, 11) is 1.49. The van der Waals surface area contributed by atoms with Gasteiger partial charge >= 0.3 is 0 Å². The van der Waals surface area contributed by atoms with Crippen LogP contribution in [0.25, 0.3) is 0 Å². The summed E-state index contributed by atoms with van der Waals surface area (Å²) < 4.78 is 18.8. The van der Waals surface area contributed by atoms with Gasteiger partial charge in [0.15, 0.2) is 11.6 Å². The van der Waals surface area contributed by atoms with Crippen LogP contribution < -0.4 is 10.1 Å². The van der Waals surface area contributed by atoms with Gasteiger partial charge in [-0.15, -0.1) is 0 Å². The van der Waals surface area contributed by atoms with Gasteiger partial charge in [-0.2, -0.15) is 0 Å². The van der Waals surface area contributed by atoms with E-state index in [2.05, 4.69) is 18.3 Å². The molecule has 104 valence electrons. The van der Waals surface area contributed by atoms with Gasteiger partial charge in [-0.25, -0.2) is 4.39 Å². The van der Waals surface area contributed by atoms with Crippen molar-refractivity contribution in [2.45, 2.75) is 38.6 Å². The van der Waals surface area contributed by atoms with Crippen molar-refractivity contribution >= 4 is 0 Å². The third-order valence-electron chi connectivity index (χ3n) is 3.61. The number of hydrogen-bond acceptors (Lipinski definition) is 2. The summed E-state index contributed by atoms with van der Waals surface area (Å²) in [5, 5.41) is 3.46. The van der Waals surface area contributed by atoms with Crippen molar-refractivity contribution in [2.75, 3.05) is 13.7 Å². The quantitative estimate of drug-likeness (QED) is 0.811. The van der Waals surface area contributed by atoms with Crippen LogP contribution in [0.5, 0.6) is 5.75 Å². The molecule has 0 amide bonds. The van der Waals surface area contributed by atoms with Crippen LogP contribution >= 0.6 is 0 Å². The first kappa shape index (κ1) is 14.1. The van der Waals surface area contributed by atoms with Gasteiger partial charge in [0, 0.05) is 0 Å². The van der Waals surface area contributed by atoms with E-state index >= 15 is 0 Å². The van der Waals surface area contributed by atoms with E-state index in [4.69, 9.17) is 4.74 Å². The Balaban J connectivity index is 2.27. The maximum absolute atomic E-state index is 13.8. The number of benzene rings is 1. The van der Waals surface area contributed by atoms with Crippen LogP contribution in [0, 0.1) is 5.82 Å². The van der Waals surface area contributed by atoms with E-state index in [1.165, 1.54) is 25.5 Å². The first-order chi connectivity index (χ1) is 9.26. The second kappa shape index (κ2) is 6.71. The molecule has 0 aliphatic heterocycles. The normalized spacial score (nSPS) is 16.9. The maximum Gasteiger partial charge on any atom is 0.165 e. The number of hydrogen-bond donors (Lipinski definition) is 1. The van der Waals surface area contributed by atoms with Crippen LogP contribution in [0.2, 0.25) is 0 Å². The third kappa shape index (κ3) is 3.35. The van der Waals surface area contributed by atoms with Crippen LogP contribution in [0.1, 0.15) is 44.2 Å². The van der Waals surface area contributed by atoms with E-state index in [1.54, 1.807) is 12.1 Å². The van der Waals surface area contributed by atoms with E-state index in [9.17, 15) is 4.39 Å². The van der Waals surface area contributed by atoms with Gasteiger partial charge in [0.05, 0.1) is 13.2 Å². The number of ether oxygens (including phenoxy) is 1. The fraction of sp³-hybridized carbons (Fsp3) is 0.500. The summed E-state index contributed by atoms with van der Waals surface area (Å²) in [5.41, 5.74) is 2.37. The summed E-state index contributed by atoms with van der Waals surface area (Å²) in [5.74, 6) is 0.0101. The van der Waals surface area contributed by atoms with Crippen LogP contribution in [0.3, 0.4) is 0 Å². The Bertz CT molecular complexity index is 456. The molecule has 1 aromatic rings. The molecule has 0 saturated heterocycles. The molecule has 1 unspecified atom stereocenters. The van der Waals surface area contributed by atoms with Gasteiger partial charge in [-0.05, 0) is 49.9 Å². The lowest BCUT2D eigenvalue weighted by atomic mass is 9.89. The number of methoxy groups -OCH3 is 1. The Kier molecular flexibility index (Phi) is 4.97. The fourth-order valence-electron chi connectivity index (χ4n) is 2.65. The molecule has 0 fully saturated rings. The Morgan fingerprint density at radius 3 is 2.79 bits per heavy atom. The second-order valence-electron chi connectivity index (χ2n) is 4.91. The molecule has 3 heteroatoms. The highest BCUT2D eigenvalue weighted by molar-refractivity contribution is 5.35. The van der Waals surface area contributed by atoms with Gasteiger partial charge in [-0.3, -0.25) is 0 Å². The van der Waals surface area contributed by atoms with E-state index < -0.39 is 0 Å². The van der Waals surface area contributed by atoms with E-state index in [1.807, 2.05) is 6.07 Å². The fourth-order valence-corrected chi connectivity index (χ4v) is 2.65. The van der Waals surface area contributed by atoms with Crippen LogP contribution in [0.15, 0.2) is 29.8 Å². The Labute approximate surface area is 114 Å². The SMILES string of the molecule is CCNC(C1=CCCCC1)c1ccc(OC)c(F)c1. The van der Waals surface area contributed by atoms with E-state index in [-0.39, 0.29) is 11.9 Å². The third-order valence-corrected chi connectivity index (χ3v) is 3.61. The molecule has 19 heavy (non-hydrogen) atoms. The van der Waals surface area contributed by atoms with Gasteiger partial charge < -0.3 is 10.1 Å². The van der Waals surface area contributed by atoms with Crippen molar-refractivity contribution in [1.29, 1.82) is 0 Å². The van der Waals surface area contributed by atoms with Gasteiger partial charge in [0.25, 0.3) is 0 Å². The summed E-state index contributed by atoms with van der Waals surface area (Å²) in [6, 6.07) is 5.37. The molecule has 1 N–H and O–H groups in total. The second-order valence-corrected chi connectivity index (χ2v) is 4.91. The lowest BCUT2D eigenvalue weighted by molar-refractivity contribution is 0.385. The molecule has 0 radical (unpaired) electrons. The molecule has 1 aliphatic rings. The minimum atomic E-state index is -0.292. The average molecular weight is 263 g/mol. The summed E-state index contributed by atoms with van der Waals surface area (Å²) in [4.78, 5) is 0. The molecule has 0 saturated carbocycles. The zero-order valence-corrected chi connectivity index (χ0v) is 11.7. The molecule has 1 aliphatic carbocycles. The van der Waals surface area contributed by atoms with Crippen LogP contribution in [0.4, 0.5) is 4.39 Å². The van der Waals surface area contributed by atoms with Crippen molar-refractivity contribution in [2.24, 2.45) is 0 Å². The smallest absolute Gasteiger partial charge is 0.165 e. The predicted molar refractivity (Wildman–Crippen MR) is 75.9 cm³/mol. The lowest BCUT2D eigenvalue weighted by Crippen LogP contribution is -2.23. The molecule has 0 bridgehead atoms. The molecular weight excluding hydrogens is 241 g/mol. The summed E-state index contributed by atoms with van der Waals surface area (Å²) in [6.07, 6.45) is 7.03. The van der Waals surface area contributed by atoms with E-state index in [0.717, 1.165) is 24.9 Å². The van der Waals surface area contributed by atoms with Gasteiger partial charge in [0.1, 0.15) is 0 Å². The molecule has 0 heterocycles. The molecule has 2 rings (SSSR count). The summed E-state index contributed by atoms with van der Waals surface area (Å²) >= 11 is 0. The Morgan fingerprint density at radius 2 is 2.21 bits per heavy atom. The van der Waals surface area contributed by atoms with Crippen molar-refractivity contribution in [3.8, 4) is 5.75 Å². The first-order valence-electron chi connectivity index (χ1n) is 7.02. The molecule has 0 spiro atoms. The minimum Gasteiger partial charge on any atom is -0.494 e. The molecule has 1 aromatic carbocycles. The van der Waals surface area contributed by atoms with Gasteiger partial charge in [-0.1, -0.05) is 24.6 Å².